The minimum atomic E-state index is 0.100. The highest BCUT2D eigenvalue weighted by atomic mass is 79.9. The predicted molar refractivity (Wildman–Crippen MR) is 80.7 cm³/mol. The molecule has 20 heavy (non-hydrogen) atoms. The van der Waals surface area contributed by atoms with Gasteiger partial charge in [-0.3, -0.25) is 4.79 Å². The lowest BCUT2D eigenvalue weighted by atomic mass is 10.1. The summed E-state index contributed by atoms with van der Waals surface area (Å²) in [5.74, 6) is 0.928. The number of carbonyl (C=O) groups excluding carboxylic acids is 1. The number of halogens is 1. The second-order valence-corrected chi connectivity index (χ2v) is 5.73. The topological polar surface area (TPSA) is 29.5 Å². The zero-order valence-corrected chi connectivity index (χ0v) is 12.7. The minimum Gasteiger partial charge on any atom is -0.497 e. The Balaban J connectivity index is 1.78. The molecule has 0 atom stereocenters. The van der Waals surface area contributed by atoms with Crippen LogP contribution in [0.5, 0.6) is 5.75 Å². The third-order valence-electron chi connectivity index (χ3n) is 3.48. The Morgan fingerprint density at radius 2 is 1.95 bits per heavy atom. The lowest BCUT2D eigenvalue weighted by molar-refractivity contribution is 0.0766. The molecule has 0 fully saturated rings. The van der Waals surface area contributed by atoms with Crippen LogP contribution < -0.4 is 4.74 Å². The van der Waals surface area contributed by atoms with Crippen molar-refractivity contribution in [3.63, 3.8) is 0 Å². The Bertz CT molecular complexity index is 652. The SMILES string of the molecule is COc1ccc(CN2Cc3cc(Br)ccc3C2=O)cc1. The van der Waals surface area contributed by atoms with Crippen molar-refractivity contribution in [1.29, 1.82) is 0 Å². The molecular formula is C16H14BrNO2. The zero-order valence-electron chi connectivity index (χ0n) is 11.1. The molecule has 0 aromatic heterocycles. The van der Waals surface area contributed by atoms with Gasteiger partial charge in [-0.05, 0) is 41.5 Å². The van der Waals surface area contributed by atoms with E-state index in [1.165, 1.54) is 0 Å². The summed E-state index contributed by atoms with van der Waals surface area (Å²) in [6, 6.07) is 13.6. The van der Waals surface area contributed by atoms with Crippen LogP contribution in [0, 0.1) is 0 Å². The summed E-state index contributed by atoms with van der Waals surface area (Å²) in [6.07, 6.45) is 0. The normalized spacial score (nSPS) is 13.5. The fourth-order valence-corrected chi connectivity index (χ4v) is 2.84. The average Bonchev–Trinajstić information content (AvgIpc) is 2.75. The van der Waals surface area contributed by atoms with Gasteiger partial charge >= 0.3 is 0 Å². The third-order valence-corrected chi connectivity index (χ3v) is 3.97. The number of rotatable bonds is 3. The predicted octanol–water partition coefficient (Wildman–Crippen LogP) is 3.61. The molecule has 0 radical (unpaired) electrons. The van der Waals surface area contributed by atoms with E-state index in [2.05, 4.69) is 15.9 Å². The Hall–Kier alpha value is -1.81. The number of benzene rings is 2. The summed E-state index contributed by atoms with van der Waals surface area (Å²) >= 11 is 3.44. The van der Waals surface area contributed by atoms with Gasteiger partial charge in [0.25, 0.3) is 5.91 Å². The van der Waals surface area contributed by atoms with Crippen LogP contribution in [0.15, 0.2) is 46.9 Å². The molecule has 1 aliphatic rings. The number of hydrogen-bond donors (Lipinski definition) is 0. The standard InChI is InChI=1S/C16H14BrNO2/c1-20-14-5-2-11(3-6-14)9-18-10-12-8-13(17)4-7-15(12)16(18)19/h2-8H,9-10H2,1H3. The van der Waals surface area contributed by atoms with Gasteiger partial charge in [0, 0.05) is 23.1 Å². The molecule has 0 bridgehead atoms. The van der Waals surface area contributed by atoms with Crippen molar-refractivity contribution >= 4 is 21.8 Å². The molecule has 1 heterocycles. The van der Waals surface area contributed by atoms with Gasteiger partial charge in [0.1, 0.15) is 5.75 Å². The van der Waals surface area contributed by atoms with Crippen LogP contribution >= 0.6 is 15.9 Å². The maximum atomic E-state index is 12.3. The van der Waals surface area contributed by atoms with Crippen molar-refractivity contribution in [3.8, 4) is 5.75 Å². The molecule has 0 saturated heterocycles. The number of fused-ring (bicyclic) bond motifs is 1. The Morgan fingerprint density at radius 3 is 2.65 bits per heavy atom. The molecule has 2 aromatic rings. The van der Waals surface area contributed by atoms with Crippen molar-refractivity contribution in [2.45, 2.75) is 13.1 Å². The number of nitrogens with zero attached hydrogens (tertiary/aromatic N) is 1. The van der Waals surface area contributed by atoms with Crippen LogP contribution in [0.1, 0.15) is 21.5 Å². The lowest BCUT2D eigenvalue weighted by Crippen LogP contribution is -2.23. The van der Waals surface area contributed by atoms with Crippen LogP contribution in [0.3, 0.4) is 0 Å². The Labute approximate surface area is 126 Å². The lowest BCUT2D eigenvalue weighted by Gasteiger charge is -2.15. The molecule has 1 aliphatic heterocycles. The summed E-state index contributed by atoms with van der Waals surface area (Å²) < 4.78 is 6.15. The molecule has 102 valence electrons. The smallest absolute Gasteiger partial charge is 0.254 e. The Kier molecular flexibility index (Phi) is 3.49. The maximum Gasteiger partial charge on any atom is 0.254 e. The second kappa shape index (κ2) is 5.29. The van der Waals surface area contributed by atoms with Gasteiger partial charge in [0.05, 0.1) is 7.11 Å². The first-order chi connectivity index (χ1) is 9.67. The quantitative estimate of drug-likeness (QED) is 0.859. The first-order valence-corrected chi connectivity index (χ1v) is 7.17. The number of hydrogen-bond acceptors (Lipinski definition) is 2. The second-order valence-electron chi connectivity index (χ2n) is 4.81. The first-order valence-electron chi connectivity index (χ1n) is 6.38. The van der Waals surface area contributed by atoms with E-state index < -0.39 is 0 Å². The Morgan fingerprint density at radius 1 is 1.20 bits per heavy atom. The van der Waals surface area contributed by atoms with E-state index in [0.717, 1.165) is 26.9 Å². The molecule has 3 nitrogen and oxygen atoms in total. The highest BCUT2D eigenvalue weighted by molar-refractivity contribution is 9.10. The molecule has 0 spiro atoms. The van der Waals surface area contributed by atoms with E-state index in [9.17, 15) is 4.79 Å². The van der Waals surface area contributed by atoms with Crippen molar-refractivity contribution in [1.82, 2.24) is 4.90 Å². The molecule has 0 saturated carbocycles. The molecule has 2 aromatic carbocycles. The fourth-order valence-electron chi connectivity index (χ4n) is 2.43. The van der Waals surface area contributed by atoms with E-state index in [1.807, 2.05) is 47.4 Å². The maximum absolute atomic E-state index is 12.3. The molecular weight excluding hydrogens is 318 g/mol. The molecule has 0 aliphatic carbocycles. The number of methoxy groups -OCH3 is 1. The summed E-state index contributed by atoms with van der Waals surface area (Å²) in [5, 5.41) is 0. The average molecular weight is 332 g/mol. The largest absolute Gasteiger partial charge is 0.497 e. The van der Waals surface area contributed by atoms with Crippen LogP contribution in [0.4, 0.5) is 0 Å². The van der Waals surface area contributed by atoms with Crippen molar-refractivity contribution < 1.29 is 9.53 Å². The molecule has 0 unspecified atom stereocenters. The summed E-state index contributed by atoms with van der Waals surface area (Å²) in [5.41, 5.74) is 2.99. The van der Waals surface area contributed by atoms with Crippen molar-refractivity contribution in [2.75, 3.05) is 7.11 Å². The van der Waals surface area contributed by atoms with Crippen LogP contribution in [0.25, 0.3) is 0 Å². The summed E-state index contributed by atoms with van der Waals surface area (Å²) in [4.78, 5) is 14.2. The summed E-state index contributed by atoms with van der Waals surface area (Å²) in [6.45, 7) is 1.29. The van der Waals surface area contributed by atoms with Gasteiger partial charge in [-0.2, -0.15) is 0 Å². The molecule has 0 N–H and O–H groups in total. The van der Waals surface area contributed by atoms with Crippen molar-refractivity contribution in [3.05, 3.63) is 63.6 Å². The van der Waals surface area contributed by atoms with Crippen LogP contribution in [-0.2, 0) is 13.1 Å². The van der Waals surface area contributed by atoms with Gasteiger partial charge in [0.15, 0.2) is 0 Å². The first kappa shape index (κ1) is 13.2. The fraction of sp³-hybridized carbons (Fsp3) is 0.188. The summed E-state index contributed by atoms with van der Waals surface area (Å²) in [7, 11) is 1.65. The van der Waals surface area contributed by atoms with Crippen molar-refractivity contribution in [2.24, 2.45) is 0 Å². The van der Waals surface area contributed by atoms with Crippen LogP contribution in [0.2, 0.25) is 0 Å². The van der Waals surface area contributed by atoms with Gasteiger partial charge in [-0.25, -0.2) is 0 Å². The van der Waals surface area contributed by atoms with E-state index in [4.69, 9.17) is 4.74 Å². The van der Waals surface area contributed by atoms with E-state index >= 15 is 0 Å². The monoisotopic (exact) mass is 331 g/mol. The van der Waals surface area contributed by atoms with Gasteiger partial charge in [-0.15, -0.1) is 0 Å². The van der Waals surface area contributed by atoms with E-state index in [0.29, 0.717) is 13.1 Å². The van der Waals surface area contributed by atoms with Crippen LogP contribution in [-0.4, -0.2) is 17.9 Å². The minimum absolute atomic E-state index is 0.100. The number of ether oxygens (including phenoxy) is 1. The van der Waals surface area contributed by atoms with Gasteiger partial charge in [-0.1, -0.05) is 28.1 Å². The van der Waals surface area contributed by atoms with E-state index in [1.54, 1.807) is 7.11 Å². The van der Waals surface area contributed by atoms with Gasteiger partial charge in [0.2, 0.25) is 0 Å². The van der Waals surface area contributed by atoms with Gasteiger partial charge < -0.3 is 9.64 Å². The highest BCUT2D eigenvalue weighted by Gasteiger charge is 2.27. The molecule has 4 heteroatoms. The van der Waals surface area contributed by atoms with E-state index in [-0.39, 0.29) is 5.91 Å². The zero-order chi connectivity index (χ0) is 14.1. The number of amides is 1. The molecule has 1 amide bonds. The molecule has 3 rings (SSSR count). The third kappa shape index (κ3) is 2.43. The number of carbonyl (C=O) groups is 1. The highest BCUT2D eigenvalue weighted by Crippen LogP contribution is 2.27.